The van der Waals surface area contributed by atoms with Gasteiger partial charge in [0.1, 0.15) is 11.3 Å². The molecule has 0 spiro atoms. The maximum atomic E-state index is 12.9. The van der Waals surface area contributed by atoms with Gasteiger partial charge in [0.05, 0.1) is 22.2 Å². The maximum absolute atomic E-state index is 12.9. The van der Waals surface area contributed by atoms with E-state index in [1.165, 1.54) is 18.1 Å². The van der Waals surface area contributed by atoms with E-state index in [0.29, 0.717) is 30.0 Å². The van der Waals surface area contributed by atoms with E-state index < -0.39 is 18.2 Å². The van der Waals surface area contributed by atoms with E-state index >= 15 is 0 Å². The molecule has 4 N–H and O–H groups in total. The molecule has 0 unspecified atom stereocenters. The largest absolute Gasteiger partial charge is 0.390 e. The van der Waals surface area contributed by atoms with Crippen molar-refractivity contribution in [2.24, 2.45) is 0 Å². The Morgan fingerprint density at radius 1 is 1.17 bits per heavy atom. The van der Waals surface area contributed by atoms with Gasteiger partial charge in [-0.05, 0) is 74.0 Å². The Bertz CT molecular complexity index is 1180. The monoisotopic (exact) mass is 505 g/mol. The second-order valence-corrected chi connectivity index (χ2v) is 9.53. The molecule has 0 saturated carbocycles. The third kappa shape index (κ3) is 6.55. The molecule has 0 radical (unpaired) electrons. The number of benzene rings is 2. The first kappa shape index (κ1) is 25.1. The van der Waals surface area contributed by atoms with E-state index in [1.807, 2.05) is 18.2 Å². The molecule has 186 valence electrons. The number of anilines is 2. The number of para-hydroxylation sites is 1. The van der Waals surface area contributed by atoms with Gasteiger partial charge in [-0.2, -0.15) is 13.2 Å². The molecule has 3 aromatic rings. The molecule has 1 fully saturated rings. The van der Waals surface area contributed by atoms with Crippen molar-refractivity contribution in [3.8, 4) is 0 Å². The number of nitrogens with zero attached hydrogens (tertiary/aromatic N) is 3. The van der Waals surface area contributed by atoms with Crippen molar-refractivity contribution in [1.29, 1.82) is 0 Å². The first-order chi connectivity index (χ1) is 16.6. The number of aliphatic hydroxyl groups is 1. The van der Waals surface area contributed by atoms with Crippen molar-refractivity contribution in [1.82, 2.24) is 14.9 Å². The highest BCUT2D eigenvalue weighted by Gasteiger charge is 2.35. The fraction of sp³-hybridized carbons (Fsp3) is 0.375. The molecule has 2 heterocycles. The zero-order valence-corrected chi connectivity index (χ0v) is 19.7. The van der Waals surface area contributed by atoms with Gasteiger partial charge in [-0.3, -0.25) is 4.79 Å². The number of nitrogen functional groups attached to an aromatic ring is 1. The molecule has 7 nitrogen and oxygen atoms in total. The summed E-state index contributed by atoms with van der Waals surface area (Å²) in [5.41, 5.74) is 7.29. The number of fused-ring (bicyclic) bond motifs is 1. The van der Waals surface area contributed by atoms with Crippen molar-refractivity contribution < 1.29 is 23.1 Å². The molecule has 0 aliphatic carbocycles. The molecule has 0 bridgehead atoms. The summed E-state index contributed by atoms with van der Waals surface area (Å²) >= 11 is 1.37. The molecule has 35 heavy (non-hydrogen) atoms. The molecule has 4 rings (SSSR count). The number of rotatable bonds is 7. The molecule has 1 aliphatic heterocycles. The quantitative estimate of drug-likeness (QED) is 0.387. The van der Waals surface area contributed by atoms with Gasteiger partial charge in [0.2, 0.25) is 0 Å². The number of halogens is 3. The van der Waals surface area contributed by atoms with Gasteiger partial charge >= 0.3 is 6.18 Å². The Morgan fingerprint density at radius 3 is 2.57 bits per heavy atom. The Kier molecular flexibility index (Phi) is 7.36. The highest BCUT2D eigenvalue weighted by molar-refractivity contribution is 8.00. The lowest BCUT2D eigenvalue weighted by Crippen LogP contribution is -2.46. The zero-order chi connectivity index (χ0) is 25.1. The van der Waals surface area contributed by atoms with Crippen LogP contribution in [-0.4, -0.2) is 50.7 Å². The minimum atomic E-state index is -4.22. The van der Waals surface area contributed by atoms with E-state index in [4.69, 9.17) is 5.73 Å². The summed E-state index contributed by atoms with van der Waals surface area (Å²) in [5.74, 6) is 0.191. The number of nitrogens with two attached hydrogens (primary N) is 1. The summed E-state index contributed by atoms with van der Waals surface area (Å²) in [6.45, 7) is 0.619. The number of alkyl halides is 3. The molecule has 11 heteroatoms. The summed E-state index contributed by atoms with van der Waals surface area (Å²) < 4.78 is 40.4. The predicted molar refractivity (Wildman–Crippen MR) is 130 cm³/mol. The van der Waals surface area contributed by atoms with Crippen LogP contribution < -0.4 is 10.5 Å². The number of nitrogens with one attached hydrogen (secondary N) is 1. The molecule has 1 saturated heterocycles. The van der Waals surface area contributed by atoms with Gasteiger partial charge in [0.25, 0.3) is 5.91 Å². The van der Waals surface area contributed by atoms with Crippen LogP contribution in [0.1, 0.15) is 42.5 Å². The highest BCUT2D eigenvalue weighted by atomic mass is 32.2. The van der Waals surface area contributed by atoms with Gasteiger partial charge in [0, 0.05) is 30.8 Å². The topological polar surface area (TPSA) is 104 Å². The summed E-state index contributed by atoms with van der Waals surface area (Å²) in [7, 11) is 0. The van der Waals surface area contributed by atoms with E-state index in [0.717, 1.165) is 16.1 Å². The molecule has 1 amide bonds. The summed E-state index contributed by atoms with van der Waals surface area (Å²) in [4.78, 5) is 24.0. The second-order valence-electron chi connectivity index (χ2n) is 8.69. The van der Waals surface area contributed by atoms with Crippen molar-refractivity contribution in [3.05, 3.63) is 54.2 Å². The summed E-state index contributed by atoms with van der Waals surface area (Å²) in [5, 5.41) is 10.6. The van der Waals surface area contributed by atoms with Crippen LogP contribution in [0.15, 0.2) is 53.6 Å². The Balaban J connectivity index is 1.30. The van der Waals surface area contributed by atoms with Gasteiger partial charge in [-0.15, -0.1) is 0 Å². The van der Waals surface area contributed by atoms with Gasteiger partial charge < -0.3 is 20.5 Å². The fourth-order valence-corrected chi connectivity index (χ4v) is 4.85. The van der Waals surface area contributed by atoms with Crippen LogP contribution in [0.5, 0.6) is 0 Å². The standard InChI is InChI=1S/C24H26F3N5O2S/c25-24(26,27)10-2-9-23(34)11-13-32(14-12-23)22(33)16-5-7-17(8-6-16)31-35-19-4-1-3-18-21(19)29-15-20(28)30-18/h1,3-8,15,31,34H,2,9-14H2,(H2,28,30). The predicted octanol–water partition coefficient (Wildman–Crippen LogP) is 5.03. The third-order valence-corrected chi connectivity index (χ3v) is 6.93. The molecule has 0 atom stereocenters. The lowest BCUT2D eigenvalue weighted by atomic mass is 9.86. The van der Waals surface area contributed by atoms with Crippen LogP contribution in [0.25, 0.3) is 11.0 Å². The number of likely N-dealkylation sites (tertiary alicyclic amines) is 1. The molecule has 2 aromatic carbocycles. The third-order valence-electron chi connectivity index (χ3n) is 6.05. The second kappa shape index (κ2) is 10.3. The molecular weight excluding hydrogens is 479 g/mol. The normalized spacial score (nSPS) is 15.8. The number of amides is 1. The number of carbonyl (C=O) groups excluding carboxylic acids is 1. The van der Waals surface area contributed by atoms with Crippen LogP contribution in [0.4, 0.5) is 24.7 Å². The van der Waals surface area contributed by atoms with Crippen LogP contribution >= 0.6 is 11.9 Å². The van der Waals surface area contributed by atoms with Crippen molar-refractivity contribution in [3.63, 3.8) is 0 Å². The van der Waals surface area contributed by atoms with Crippen molar-refractivity contribution in [2.75, 3.05) is 23.5 Å². The van der Waals surface area contributed by atoms with E-state index in [1.54, 1.807) is 29.2 Å². The first-order valence-corrected chi connectivity index (χ1v) is 12.1. The minimum absolute atomic E-state index is 0.0856. The van der Waals surface area contributed by atoms with Crippen molar-refractivity contribution >= 4 is 40.4 Å². The molecule has 1 aromatic heterocycles. The van der Waals surface area contributed by atoms with Gasteiger partial charge in [0.15, 0.2) is 0 Å². The maximum Gasteiger partial charge on any atom is 0.389 e. The van der Waals surface area contributed by atoms with Crippen molar-refractivity contribution in [2.45, 2.75) is 48.8 Å². The van der Waals surface area contributed by atoms with E-state index in [-0.39, 0.29) is 31.6 Å². The van der Waals surface area contributed by atoms with Crippen LogP contribution in [0.3, 0.4) is 0 Å². The first-order valence-electron chi connectivity index (χ1n) is 11.2. The van der Waals surface area contributed by atoms with Crippen LogP contribution in [0, 0.1) is 0 Å². The average molecular weight is 506 g/mol. The molecule has 1 aliphatic rings. The van der Waals surface area contributed by atoms with E-state index in [9.17, 15) is 23.1 Å². The number of carbonyl (C=O) groups is 1. The minimum Gasteiger partial charge on any atom is -0.390 e. The highest BCUT2D eigenvalue weighted by Crippen LogP contribution is 2.32. The number of hydrogen-bond donors (Lipinski definition) is 3. The number of piperidine rings is 1. The Hall–Kier alpha value is -3.05. The Labute approximate surface area is 205 Å². The SMILES string of the molecule is Nc1cnc2c(SNc3ccc(C(=O)N4CCC(O)(CCCC(F)(F)F)CC4)cc3)cccc2n1. The number of hydrogen-bond acceptors (Lipinski definition) is 7. The Morgan fingerprint density at radius 2 is 1.89 bits per heavy atom. The lowest BCUT2D eigenvalue weighted by Gasteiger charge is -2.38. The van der Waals surface area contributed by atoms with Gasteiger partial charge in [-0.25, -0.2) is 9.97 Å². The molecular formula is C24H26F3N5O2S. The van der Waals surface area contributed by atoms with E-state index in [2.05, 4.69) is 14.7 Å². The smallest absolute Gasteiger partial charge is 0.389 e. The summed E-state index contributed by atoms with van der Waals surface area (Å²) in [6.07, 6.45) is -3.10. The average Bonchev–Trinajstić information content (AvgIpc) is 2.82. The zero-order valence-electron chi connectivity index (χ0n) is 18.9. The van der Waals surface area contributed by atoms with Crippen LogP contribution in [-0.2, 0) is 0 Å². The summed E-state index contributed by atoms with van der Waals surface area (Å²) in [6, 6.07) is 12.7. The lowest BCUT2D eigenvalue weighted by molar-refractivity contribution is -0.138. The van der Waals surface area contributed by atoms with Gasteiger partial charge in [-0.1, -0.05) is 6.07 Å². The fourth-order valence-electron chi connectivity index (χ4n) is 4.08. The van der Waals surface area contributed by atoms with Crippen LogP contribution in [0.2, 0.25) is 0 Å². The number of aromatic nitrogens is 2.